The smallest absolute Gasteiger partial charge is 0.249 e. The van der Waals surface area contributed by atoms with E-state index in [0.29, 0.717) is 25.6 Å². The van der Waals surface area contributed by atoms with Crippen molar-refractivity contribution in [1.29, 1.82) is 0 Å². The lowest BCUT2D eigenvalue weighted by atomic mass is 10.0. The van der Waals surface area contributed by atoms with E-state index in [4.69, 9.17) is 0 Å². The molecule has 3 rings (SSSR count). The van der Waals surface area contributed by atoms with E-state index in [9.17, 15) is 8.42 Å². The van der Waals surface area contributed by atoms with Gasteiger partial charge in [-0.3, -0.25) is 0 Å². The Labute approximate surface area is 142 Å². The largest absolute Gasteiger partial charge is 0.279 e. The third-order valence-corrected chi connectivity index (χ3v) is 5.84. The average molecular weight is 349 g/mol. The highest BCUT2D eigenvalue weighted by atomic mass is 32.2. The molecule has 1 aliphatic rings. The summed E-state index contributed by atoms with van der Waals surface area (Å²) in [6, 6.07) is 7.77. The van der Waals surface area contributed by atoms with Gasteiger partial charge in [-0.15, -0.1) is 0 Å². The van der Waals surface area contributed by atoms with Crippen LogP contribution in [0, 0.1) is 5.92 Å². The predicted molar refractivity (Wildman–Crippen MR) is 91.3 cm³/mol. The van der Waals surface area contributed by atoms with Crippen molar-refractivity contribution in [1.82, 2.24) is 23.8 Å². The van der Waals surface area contributed by atoms with Gasteiger partial charge in [-0.25, -0.2) is 9.67 Å². The lowest BCUT2D eigenvalue weighted by Crippen LogP contribution is -2.45. The molecule has 0 radical (unpaired) electrons. The first-order valence-corrected chi connectivity index (χ1v) is 9.62. The van der Waals surface area contributed by atoms with E-state index in [-0.39, 0.29) is 6.54 Å². The summed E-state index contributed by atoms with van der Waals surface area (Å²) in [6.45, 7) is 4.13. The van der Waals surface area contributed by atoms with E-state index in [1.807, 2.05) is 24.3 Å². The van der Waals surface area contributed by atoms with Crippen LogP contribution in [0.4, 0.5) is 0 Å². The van der Waals surface area contributed by atoms with E-state index >= 15 is 0 Å². The topological polar surface area (TPSA) is 80.1 Å². The Balaban J connectivity index is 1.68. The van der Waals surface area contributed by atoms with Gasteiger partial charge in [0.05, 0.1) is 6.54 Å². The molecule has 24 heavy (non-hydrogen) atoms. The van der Waals surface area contributed by atoms with Crippen molar-refractivity contribution >= 4 is 10.2 Å². The zero-order valence-corrected chi connectivity index (χ0v) is 14.6. The van der Waals surface area contributed by atoms with Gasteiger partial charge in [0.25, 0.3) is 10.2 Å². The van der Waals surface area contributed by atoms with E-state index in [1.54, 1.807) is 15.3 Å². The minimum Gasteiger partial charge on any atom is -0.249 e. The monoisotopic (exact) mass is 349 g/mol. The average Bonchev–Trinajstić information content (AvgIpc) is 3.07. The zero-order valence-electron chi connectivity index (χ0n) is 13.8. The summed E-state index contributed by atoms with van der Waals surface area (Å²) in [4.78, 5) is 3.94. The molecule has 130 valence electrons. The normalized spacial score (nSPS) is 19.5. The molecule has 1 aromatic heterocycles. The van der Waals surface area contributed by atoms with Crippen LogP contribution in [0.3, 0.4) is 0 Å². The highest BCUT2D eigenvalue weighted by molar-refractivity contribution is 7.87. The number of hydrogen-bond donors (Lipinski definition) is 1. The third kappa shape index (κ3) is 4.19. The summed E-state index contributed by atoms with van der Waals surface area (Å²) in [5.74, 6) is 0.412. The van der Waals surface area contributed by atoms with Gasteiger partial charge in [0.15, 0.2) is 0 Å². The van der Waals surface area contributed by atoms with Crippen molar-refractivity contribution in [2.75, 3.05) is 13.1 Å². The zero-order chi connectivity index (χ0) is 17.0. The second-order valence-electron chi connectivity index (χ2n) is 6.29. The molecular weight excluding hydrogens is 326 g/mol. The molecule has 1 saturated heterocycles. The fourth-order valence-corrected chi connectivity index (χ4v) is 4.34. The van der Waals surface area contributed by atoms with Crippen molar-refractivity contribution in [2.24, 2.45) is 5.92 Å². The first-order chi connectivity index (χ1) is 11.5. The van der Waals surface area contributed by atoms with Crippen LogP contribution in [0.25, 0.3) is 0 Å². The fourth-order valence-electron chi connectivity index (χ4n) is 3.00. The molecule has 0 spiro atoms. The summed E-state index contributed by atoms with van der Waals surface area (Å²) in [5.41, 5.74) is 1.97. The molecule has 0 unspecified atom stereocenters. The van der Waals surface area contributed by atoms with Gasteiger partial charge < -0.3 is 0 Å². The van der Waals surface area contributed by atoms with E-state index < -0.39 is 10.2 Å². The summed E-state index contributed by atoms with van der Waals surface area (Å²) in [5, 5.41) is 4.10. The maximum Gasteiger partial charge on any atom is 0.279 e. The SMILES string of the molecule is C[C@H]1CCCN(S(=O)(=O)NCc2ccccc2Cn2cncn2)C1. The second-order valence-corrected chi connectivity index (χ2v) is 8.05. The van der Waals surface area contributed by atoms with Crippen LogP contribution in [-0.4, -0.2) is 40.6 Å². The van der Waals surface area contributed by atoms with Crippen LogP contribution < -0.4 is 4.72 Å². The fraction of sp³-hybridized carbons (Fsp3) is 0.500. The van der Waals surface area contributed by atoms with Gasteiger partial charge >= 0.3 is 0 Å². The number of hydrogen-bond acceptors (Lipinski definition) is 4. The molecule has 0 bridgehead atoms. The molecular formula is C16H23N5O2S. The molecule has 7 nitrogen and oxygen atoms in total. The highest BCUT2D eigenvalue weighted by Gasteiger charge is 2.26. The summed E-state index contributed by atoms with van der Waals surface area (Å²) >= 11 is 0. The molecule has 0 amide bonds. The molecule has 0 aliphatic carbocycles. The summed E-state index contributed by atoms with van der Waals surface area (Å²) in [6.07, 6.45) is 5.15. The number of aromatic nitrogens is 3. The number of rotatable bonds is 6. The number of nitrogens with zero attached hydrogens (tertiary/aromatic N) is 4. The summed E-state index contributed by atoms with van der Waals surface area (Å²) in [7, 11) is -3.44. The minimum atomic E-state index is -3.44. The van der Waals surface area contributed by atoms with Gasteiger partial charge in [-0.1, -0.05) is 31.2 Å². The molecule has 1 N–H and O–H groups in total. The Morgan fingerprint density at radius 1 is 1.29 bits per heavy atom. The van der Waals surface area contributed by atoms with Crippen LogP contribution in [0.15, 0.2) is 36.9 Å². The van der Waals surface area contributed by atoms with Crippen LogP contribution in [0.1, 0.15) is 30.9 Å². The molecule has 1 aromatic carbocycles. The second kappa shape index (κ2) is 7.42. The van der Waals surface area contributed by atoms with E-state index in [1.165, 1.54) is 6.33 Å². The Hall–Kier alpha value is -1.77. The lowest BCUT2D eigenvalue weighted by Gasteiger charge is -2.30. The predicted octanol–water partition coefficient (Wildman–Crippen LogP) is 1.39. The van der Waals surface area contributed by atoms with Gasteiger partial charge in [-0.05, 0) is 29.9 Å². The lowest BCUT2D eigenvalue weighted by molar-refractivity contribution is 0.278. The van der Waals surface area contributed by atoms with Crippen molar-refractivity contribution < 1.29 is 8.42 Å². The van der Waals surface area contributed by atoms with Gasteiger partial charge in [-0.2, -0.15) is 22.5 Å². The van der Waals surface area contributed by atoms with Crippen molar-refractivity contribution in [3.8, 4) is 0 Å². The van der Waals surface area contributed by atoms with Crippen molar-refractivity contribution in [3.05, 3.63) is 48.0 Å². The van der Waals surface area contributed by atoms with Gasteiger partial charge in [0, 0.05) is 19.6 Å². The standard InChI is InChI=1S/C16H23N5O2S/c1-14-5-4-8-21(10-14)24(22,23)19-9-15-6-2-3-7-16(15)11-20-13-17-12-18-20/h2-3,6-7,12-14,19H,4-5,8-11H2,1H3/t14-/m0/s1. The summed E-state index contributed by atoms with van der Waals surface area (Å²) < 4.78 is 31.1. The number of benzene rings is 1. The van der Waals surface area contributed by atoms with Crippen LogP contribution in [0.2, 0.25) is 0 Å². The minimum absolute atomic E-state index is 0.276. The Bertz CT molecular complexity index is 761. The van der Waals surface area contributed by atoms with Gasteiger partial charge in [0.2, 0.25) is 0 Å². The van der Waals surface area contributed by atoms with Crippen LogP contribution in [0.5, 0.6) is 0 Å². The Morgan fingerprint density at radius 3 is 2.79 bits per heavy atom. The maximum atomic E-state index is 12.5. The van der Waals surface area contributed by atoms with Gasteiger partial charge in [0.1, 0.15) is 12.7 Å². The Morgan fingerprint density at radius 2 is 2.08 bits per heavy atom. The third-order valence-electron chi connectivity index (χ3n) is 4.32. The molecule has 1 aliphatic heterocycles. The van der Waals surface area contributed by atoms with Crippen LogP contribution in [-0.2, 0) is 23.3 Å². The molecule has 8 heteroatoms. The molecule has 1 fully saturated rings. The van der Waals surface area contributed by atoms with Crippen molar-refractivity contribution in [3.63, 3.8) is 0 Å². The highest BCUT2D eigenvalue weighted by Crippen LogP contribution is 2.18. The Kier molecular flexibility index (Phi) is 5.27. The quantitative estimate of drug-likeness (QED) is 0.855. The molecule has 2 aromatic rings. The number of nitrogens with one attached hydrogen (secondary N) is 1. The van der Waals surface area contributed by atoms with Crippen molar-refractivity contribution in [2.45, 2.75) is 32.9 Å². The molecule has 1 atom stereocenters. The molecule has 2 heterocycles. The van der Waals surface area contributed by atoms with E-state index in [0.717, 1.165) is 24.0 Å². The molecule has 0 saturated carbocycles. The van der Waals surface area contributed by atoms with E-state index in [2.05, 4.69) is 21.7 Å². The first-order valence-electron chi connectivity index (χ1n) is 8.18. The van der Waals surface area contributed by atoms with Crippen LogP contribution >= 0.6 is 0 Å². The first kappa shape index (κ1) is 17.1. The number of piperidine rings is 1. The maximum absolute atomic E-state index is 12.5.